The largest absolute Gasteiger partial charge is 0.356 e. The van der Waals surface area contributed by atoms with Crippen molar-refractivity contribution in [2.75, 3.05) is 46.3 Å². The molecule has 1 spiro atoms. The number of hydrogen-bond acceptors (Lipinski definition) is 4. The van der Waals surface area contributed by atoms with Crippen LogP contribution in [-0.4, -0.2) is 84.5 Å². The van der Waals surface area contributed by atoms with E-state index in [0.29, 0.717) is 12.5 Å². The second-order valence-electron chi connectivity index (χ2n) is 8.08. The van der Waals surface area contributed by atoms with Crippen LogP contribution in [0.1, 0.15) is 46.0 Å². The van der Waals surface area contributed by atoms with E-state index in [4.69, 9.17) is 0 Å². The van der Waals surface area contributed by atoms with Crippen LogP contribution in [0.25, 0.3) is 0 Å². The summed E-state index contributed by atoms with van der Waals surface area (Å²) in [6.45, 7) is 11.4. The zero-order valence-corrected chi connectivity index (χ0v) is 15.2. The molecule has 3 rings (SSSR count). The van der Waals surface area contributed by atoms with Crippen LogP contribution < -0.4 is 5.32 Å². The Balaban J connectivity index is 1.63. The summed E-state index contributed by atoms with van der Waals surface area (Å²) in [6.07, 6.45) is 5.39. The van der Waals surface area contributed by atoms with Gasteiger partial charge in [0.05, 0.1) is 0 Å². The molecular formula is C18H34N4O. The van der Waals surface area contributed by atoms with Crippen molar-refractivity contribution >= 4 is 5.91 Å². The Morgan fingerprint density at radius 2 is 1.87 bits per heavy atom. The molecule has 0 aliphatic carbocycles. The number of piperazine rings is 1. The van der Waals surface area contributed by atoms with Crippen LogP contribution in [0.4, 0.5) is 0 Å². The van der Waals surface area contributed by atoms with Gasteiger partial charge in [0.1, 0.15) is 0 Å². The molecule has 0 radical (unpaired) electrons. The van der Waals surface area contributed by atoms with Gasteiger partial charge in [0.25, 0.3) is 0 Å². The Labute approximate surface area is 141 Å². The Kier molecular flexibility index (Phi) is 5.29. The van der Waals surface area contributed by atoms with Gasteiger partial charge in [-0.25, -0.2) is 0 Å². The molecule has 1 N–H and O–H groups in total. The Bertz CT molecular complexity index is 419. The lowest BCUT2D eigenvalue weighted by molar-refractivity contribution is -0.121. The Morgan fingerprint density at radius 3 is 2.57 bits per heavy atom. The monoisotopic (exact) mass is 322 g/mol. The van der Waals surface area contributed by atoms with Crippen LogP contribution in [0.3, 0.4) is 0 Å². The van der Waals surface area contributed by atoms with Crippen molar-refractivity contribution < 1.29 is 4.79 Å². The van der Waals surface area contributed by atoms with Gasteiger partial charge < -0.3 is 10.2 Å². The van der Waals surface area contributed by atoms with Gasteiger partial charge in [0.15, 0.2) is 0 Å². The SMILES string of the molecule is CC(C)N1CCC(N2CCN(C)[C@@]3(CCNC(=O)CC3)C2)CC1. The maximum absolute atomic E-state index is 11.8. The number of carbonyl (C=O) groups is 1. The number of piperidine rings is 1. The van der Waals surface area contributed by atoms with Crippen LogP contribution >= 0.6 is 0 Å². The van der Waals surface area contributed by atoms with Crippen LogP contribution in [0.15, 0.2) is 0 Å². The smallest absolute Gasteiger partial charge is 0.220 e. The number of hydrogen-bond donors (Lipinski definition) is 1. The summed E-state index contributed by atoms with van der Waals surface area (Å²) in [7, 11) is 2.26. The van der Waals surface area contributed by atoms with Crippen molar-refractivity contribution in [2.24, 2.45) is 0 Å². The van der Waals surface area contributed by atoms with E-state index in [0.717, 1.165) is 38.5 Å². The number of rotatable bonds is 2. The molecule has 23 heavy (non-hydrogen) atoms. The highest BCUT2D eigenvalue weighted by Crippen LogP contribution is 2.32. The lowest BCUT2D eigenvalue weighted by Gasteiger charge is -2.52. The number of amides is 1. The molecule has 1 amide bonds. The molecule has 3 aliphatic heterocycles. The molecule has 5 nitrogen and oxygen atoms in total. The third-order valence-electron chi connectivity index (χ3n) is 6.51. The Morgan fingerprint density at radius 1 is 1.13 bits per heavy atom. The number of likely N-dealkylation sites (tertiary alicyclic amines) is 1. The second kappa shape index (κ2) is 7.08. The molecule has 0 aromatic heterocycles. The summed E-state index contributed by atoms with van der Waals surface area (Å²) in [5, 5.41) is 3.06. The van der Waals surface area contributed by atoms with Crippen LogP contribution in [0.2, 0.25) is 0 Å². The first-order valence-electron chi connectivity index (χ1n) is 9.46. The van der Waals surface area contributed by atoms with Gasteiger partial charge in [-0.2, -0.15) is 0 Å². The predicted octanol–water partition coefficient (Wildman–Crippen LogP) is 1.15. The van der Waals surface area contributed by atoms with Crippen molar-refractivity contribution in [3.8, 4) is 0 Å². The quantitative estimate of drug-likeness (QED) is 0.828. The lowest BCUT2D eigenvalue weighted by atomic mass is 9.85. The summed E-state index contributed by atoms with van der Waals surface area (Å²) in [5.74, 6) is 0.234. The standard InChI is InChI=1S/C18H34N4O/c1-15(2)21-10-5-16(6-11-21)22-13-12-20(3)18(14-22)7-4-17(23)19-9-8-18/h15-16H,4-14H2,1-3H3,(H,19,23)/t18-/m0/s1. The van der Waals surface area contributed by atoms with Gasteiger partial charge >= 0.3 is 0 Å². The number of nitrogens with zero attached hydrogens (tertiary/aromatic N) is 3. The van der Waals surface area contributed by atoms with Crippen molar-refractivity contribution in [1.82, 2.24) is 20.0 Å². The van der Waals surface area contributed by atoms with E-state index < -0.39 is 0 Å². The highest BCUT2D eigenvalue weighted by molar-refractivity contribution is 5.76. The molecule has 0 saturated carbocycles. The van der Waals surface area contributed by atoms with Gasteiger partial charge in [0.2, 0.25) is 5.91 Å². The average Bonchev–Trinajstić information content (AvgIpc) is 2.73. The number of nitrogens with one attached hydrogen (secondary N) is 1. The van der Waals surface area contributed by atoms with Crippen LogP contribution in [0.5, 0.6) is 0 Å². The summed E-state index contributed by atoms with van der Waals surface area (Å²) in [5.41, 5.74) is 0.201. The van der Waals surface area contributed by atoms with Gasteiger partial charge in [-0.05, 0) is 59.7 Å². The molecule has 0 aromatic rings. The first-order chi connectivity index (χ1) is 11.0. The van der Waals surface area contributed by atoms with Gasteiger partial charge in [-0.15, -0.1) is 0 Å². The third-order valence-corrected chi connectivity index (χ3v) is 6.51. The van der Waals surface area contributed by atoms with E-state index in [1.807, 2.05) is 0 Å². The predicted molar refractivity (Wildman–Crippen MR) is 93.5 cm³/mol. The molecule has 3 heterocycles. The highest BCUT2D eigenvalue weighted by atomic mass is 16.1. The van der Waals surface area contributed by atoms with Crippen molar-refractivity contribution in [3.05, 3.63) is 0 Å². The zero-order valence-electron chi connectivity index (χ0n) is 15.2. The van der Waals surface area contributed by atoms with Crippen molar-refractivity contribution in [3.63, 3.8) is 0 Å². The molecule has 3 saturated heterocycles. The van der Waals surface area contributed by atoms with E-state index in [-0.39, 0.29) is 11.4 Å². The lowest BCUT2D eigenvalue weighted by Crippen LogP contribution is -2.63. The van der Waals surface area contributed by atoms with E-state index in [1.54, 1.807) is 0 Å². The van der Waals surface area contributed by atoms with E-state index in [9.17, 15) is 4.79 Å². The van der Waals surface area contributed by atoms with Gasteiger partial charge in [0, 0.05) is 50.2 Å². The average molecular weight is 322 g/mol. The maximum Gasteiger partial charge on any atom is 0.220 e. The molecule has 0 aromatic carbocycles. The normalized spacial score (nSPS) is 33.1. The molecular weight excluding hydrogens is 288 g/mol. The first-order valence-corrected chi connectivity index (χ1v) is 9.46. The fourth-order valence-electron chi connectivity index (χ4n) is 4.71. The highest BCUT2D eigenvalue weighted by Gasteiger charge is 2.42. The van der Waals surface area contributed by atoms with Crippen molar-refractivity contribution in [2.45, 2.75) is 63.6 Å². The topological polar surface area (TPSA) is 38.8 Å². The van der Waals surface area contributed by atoms with Gasteiger partial charge in [-0.1, -0.05) is 0 Å². The van der Waals surface area contributed by atoms with Crippen LogP contribution in [0, 0.1) is 0 Å². The van der Waals surface area contributed by atoms with E-state index in [1.165, 1.54) is 32.5 Å². The molecule has 1 atom stereocenters. The summed E-state index contributed by atoms with van der Waals surface area (Å²) in [6, 6.07) is 1.41. The summed E-state index contributed by atoms with van der Waals surface area (Å²) < 4.78 is 0. The zero-order chi connectivity index (χ0) is 16.4. The minimum absolute atomic E-state index is 0.201. The van der Waals surface area contributed by atoms with Crippen LogP contribution in [-0.2, 0) is 4.79 Å². The van der Waals surface area contributed by atoms with E-state index in [2.05, 4.69) is 40.9 Å². The fourth-order valence-corrected chi connectivity index (χ4v) is 4.71. The summed E-state index contributed by atoms with van der Waals surface area (Å²) >= 11 is 0. The molecule has 5 heteroatoms. The molecule has 0 bridgehead atoms. The van der Waals surface area contributed by atoms with Crippen molar-refractivity contribution in [1.29, 1.82) is 0 Å². The minimum atomic E-state index is 0.201. The molecule has 132 valence electrons. The molecule has 0 unspecified atom stereocenters. The molecule has 3 fully saturated rings. The van der Waals surface area contributed by atoms with Gasteiger partial charge in [-0.3, -0.25) is 14.6 Å². The molecule has 3 aliphatic rings. The number of likely N-dealkylation sites (N-methyl/N-ethyl adjacent to an activating group) is 1. The first kappa shape index (κ1) is 17.2. The fraction of sp³-hybridized carbons (Fsp3) is 0.944. The summed E-state index contributed by atoms with van der Waals surface area (Å²) in [4.78, 5) is 19.6. The Hall–Kier alpha value is -0.650. The minimum Gasteiger partial charge on any atom is -0.356 e. The maximum atomic E-state index is 11.8. The second-order valence-corrected chi connectivity index (χ2v) is 8.08. The van der Waals surface area contributed by atoms with E-state index >= 15 is 0 Å². The number of carbonyl (C=O) groups excluding carboxylic acids is 1. The third kappa shape index (κ3) is 3.72.